The van der Waals surface area contributed by atoms with Crippen molar-refractivity contribution in [2.75, 3.05) is 26.2 Å². The molecular formula is C14H24N2O2S. The van der Waals surface area contributed by atoms with Crippen molar-refractivity contribution in [3.8, 4) is 0 Å². The molecule has 2 saturated heterocycles. The highest BCUT2D eigenvalue weighted by molar-refractivity contribution is 8.14. The van der Waals surface area contributed by atoms with Crippen molar-refractivity contribution in [2.24, 2.45) is 0 Å². The fraction of sp³-hybridized carbons (Fsp3) is 0.857. The van der Waals surface area contributed by atoms with Crippen LogP contribution < -0.4 is 0 Å². The van der Waals surface area contributed by atoms with Gasteiger partial charge in [0.2, 0.25) is 5.91 Å². The Morgan fingerprint density at radius 1 is 1.37 bits per heavy atom. The maximum absolute atomic E-state index is 12.1. The van der Waals surface area contributed by atoms with E-state index in [0.29, 0.717) is 12.5 Å². The van der Waals surface area contributed by atoms with Gasteiger partial charge in [0.15, 0.2) is 5.12 Å². The van der Waals surface area contributed by atoms with Crippen LogP contribution in [0.2, 0.25) is 0 Å². The fourth-order valence-corrected chi connectivity index (χ4v) is 4.07. The van der Waals surface area contributed by atoms with E-state index in [0.717, 1.165) is 32.5 Å². The first-order chi connectivity index (χ1) is 9.10. The lowest BCUT2D eigenvalue weighted by Crippen LogP contribution is -2.45. The van der Waals surface area contributed by atoms with E-state index < -0.39 is 0 Å². The molecule has 2 fully saturated rings. The summed E-state index contributed by atoms with van der Waals surface area (Å²) >= 11 is 1.33. The van der Waals surface area contributed by atoms with Gasteiger partial charge in [-0.2, -0.15) is 0 Å². The minimum Gasteiger partial charge on any atom is -0.338 e. The average Bonchev–Trinajstić information content (AvgIpc) is 2.71. The van der Waals surface area contributed by atoms with Crippen molar-refractivity contribution in [3.63, 3.8) is 0 Å². The van der Waals surface area contributed by atoms with Gasteiger partial charge in [0.05, 0.1) is 0 Å². The van der Waals surface area contributed by atoms with Crippen LogP contribution in [0.5, 0.6) is 0 Å². The number of amides is 1. The van der Waals surface area contributed by atoms with Crippen molar-refractivity contribution in [3.05, 3.63) is 0 Å². The van der Waals surface area contributed by atoms with Crippen LogP contribution in [0.25, 0.3) is 0 Å². The second-order valence-electron chi connectivity index (χ2n) is 5.55. The molecule has 0 spiro atoms. The summed E-state index contributed by atoms with van der Waals surface area (Å²) in [5, 5.41) is 0.302. The van der Waals surface area contributed by atoms with Gasteiger partial charge in [-0.3, -0.25) is 9.59 Å². The molecule has 0 N–H and O–H groups in total. The van der Waals surface area contributed by atoms with E-state index in [1.807, 2.05) is 4.90 Å². The molecule has 0 bridgehead atoms. The van der Waals surface area contributed by atoms with E-state index in [1.165, 1.54) is 24.7 Å². The number of piperidine rings is 1. The lowest BCUT2D eigenvalue weighted by Gasteiger charge is -2.36. The number of carbonyl (C=O) groups is 2. The Hall–Kier alpha value is -0.550. The first kappa shape index (κ1) is 14.9. The third kappa shape index (κ3) is 3.96. The molecule has 0 aromatic heterocycles. The largest absolute Gasteiger partial charge is 0.338 e. The van der Waals surface area contributed by atoms with Gasteiger partial charge >= 0.3 is 0 Å². The summed E-state index contributed by atoms with van der Waals surface area (Å²) in [6.45, 7) is 7.94. The predicted molar refractivity (Wildman–Crippen MR) is 78.1 cm³/mol. The third-order valence-corrected chi connectivity index (χ3v) is 4.97. The molecule has 108 valence electrons. The molecule has 0 saturated carbocycles. The number of likely N-dealkylation sites (tertiary alicyclic amines) is 2. The van der Waals surface area contributed by atoms with Crippen LogP contribution in [0.1, 0.15) is 39.5 Å². The van der Waals surface area contributed by atoms with Gasteiger partial charge in [-0.05, 0) is 25.8 Å². The van der Waals surface area contributed by atoms with E-state index in [2.05, 4.69) is 11.8 Å². The van der Waals surface area contributed by atoms with Gasteiger partial charge in [-0.1, -0.05) is 18.7 Å². The Bertz CT molecular complexity index is 340. The highest BCUT2D eigenvalue weighted by Gasteiger charge is 2.36. The van der Waals surface area contributed by atoms with Crippen LogP contribution in [-0.4, -0.2) is 58.3 Å². The van der Waals surface area contributed by atoms with E-state index in [1.54, 1.807) is 6.92 Å². The zero-order valence-corrected chi connectivity index (χ0v) is 12.7. The van der Waals surface area contributed by atoms with Crippen LogP contribution in [0.4, 0.5) is 0 Å². The molecule has 1 amide bonds. The van der Waals surface area contributed by atoms with E-state index in [9.17, 15) is 9.59 Å². The maximum atomic E-state index is 12.1. The average molecular weight is 284 g/mol. The second kappa shape index (κ2) is 6.75. The third-order valence-electron chi connectivity index (χ3n) is 3.99. The number of thioether (sulfide) groups is 1. The van der Waals surface area contributed by atoms with Crippen LogP contribution in [-0.2, 0) is 9.59 Å². The Morgan fingerprint density at radius 2 is 2.05 bits per heavy atom. The number of nitrogens with zero attached hydrogens (tertiary/aromatic N) is 2. The van der Waals surface area contributed by atoms with Crippen LogP contribution in [0.15, 0.2) is 0 Å². The number of hydrogen-bond donors (Lipinski definition) is 0. The molecule has 0 aromatic carbocycles. The molecule has 1 unspecified atom stereocenters. The van der Waals surface area contributed by atoms with Crippen molar-refractivity contribution in [2.45, 2.75) is 50.8 Å². The molecule has 1 atom stereocenters. The molecule has 0 aliphatic carbocycles. The Morgan fingerprint density at radius 3 is 2.63 bits per heavy atom. The van der Waals surface area contributed by atoms with Crippen molar-refractivity contribution < 1.29 is 9.59 Å². The zero-order chi connectivity index (χ0) is 13.8. The number of rotatable bonds is 4. The molecule has 2 aliphatic rings. The van der Waals surface area contributed by atoms with Crippen molar-refractivity contribution in [1.29, 1.82) is 0 Å². The molecule has 2 aliphatic heterocycles. The summed E-state index contributed by atoms with van der Waals surface area (Å²) in [7, 11) is 0. The summed E-state index contributed by atoms with van der Waals surface area (Å²) in [6, 6.07) is 0.401. The van der Waals surface area contributed by atoms with Gasteiger partial charge in [0.1, 0.15) is 0 Å². The van der Waals surface area contributed by atoms with E-state index in [-0.39, 0.29) is 16.3 Å². The molecule has 5 heteroatoms. The maximum Gasteiger partial charge on any atom is 0.224 e. The standard InChI is InChI=1S/C14H24N2O2S/c1-3-6-15-7-4-12(5-8-15)16-10-13(9-14(16)18)19-11(2)17/h12-13H,3-10H2,1-2H3. The van der Waals surface area contributed by atoms with Crippen LogP contribution in [0.3, 0.4) is 0 Å². The summed E-state index contributed by atoms with van der Waals surface area (Å²) in [6.07, 6.45) is 3.91. The monoisotopic (exact) mass is 284 g/mol. The van der Waals surface area contributed by atoms with E-state index >= 15 is 0 Å². The lowest BCUT2D eigenvalue weighted by molar-refractivity contribution is -0.130. The molecule has 19 heavy (non-hydrogen) atoms. The quantitative estimate of drug-likeness (QED) is 0.788. The van der Waals surface area contributed by atoms with Gasteiger partial charge in [0.25, 0.3) is 0 Å². The van der Waals surface area contributed by atoms with Crippen molar-refractivity contribution in [1.82, 2.24) is 9.80 Å². The predicted octanol–water partition coefficient (Wildman–Crippen LogP) is 1.74. The highest BCUT2D eigenvalue weighted by Crippen LogP contribution is 2.28. The minimum atomic E-state index is 0.123. The molecule has 0 radical (unpaired) electrons. The van der Waals surface area contributed by atoms with Gasteiger partial charge in [-0.25, -0.2) is 0 Å². The molecule has 0 aromatic rings. The summed E-state index contributed by atoms with van der Waals surface area (Å²) < 4.78 is 0. The molecule has 4 nitrogen and oxygen atoms in total. The number of carbonyl (C=O) groups excluding carboxylic acids is 2. The Kier molecular flexibility index (Phi) is 5.28. The molecule has 2 rings (SSSR count). The molecule has 2 heterocycles. The number of hydrogen-bond acceptors (Lipinski definition) is 4. The summed E-state index contributed by atoms with van der Waals surface area (Å²) in [4.78, 5) is 27.7. The highest BCUT2D eigenvalue weighted by atomic mass is 32.2. The lowest BCUT2D eigenvalue weighted by atomic mass is 10.0. The summed E-state index contributed by atoms with van der Waals surface area (Å²) in [5.41, 5.74) is 0. The Balaban J connectivity index is 1.83. The zero-order valence-electron chi connectivity index (χ0n) is 11.9. The van der Waals surface area contributed by atoms with Gasteiger partial charge in [-0.15, -0.1) is 0 Å². The van der Waals surface area contributed by atoms with E-state index in [4.69, 9.17) is 0 Å². The smallest absolute Gasteiger partial charge is 0.224 e. The first-order valence-corrected chi connectivity index (χ1v) is 8.17. The first-order valence-electron chi connectivity index (χ1n) is 7.29. The normalized spacial score (nSPS) is 26.1. The summed E-state index contributed by atoms with van der Waals surface area (Å²) in [5.74, 6) is 0.243. The fourth-order valence-electron chi connectivity index (χ4n) is 3.13. The topological polar surface area (TPSA) is 40.6 Å². The Labute approximate surface area is 119 Å². The second-order valence-corrected chi connectivity index (χ2v) is 7.03. The molecular weight excluding hydrogens is 260 g/mol. The van der Waals surface area contributed by atoms with Crippen LogP contribution >= 0.6 is 11.8 Å². The minimum absolute atomic E-state index is 0.123. The SMILES string of the molecule is CCCN1CCC(N2CC(SC(C)=O)CC2=O)CC1. The van der Waals surface area contributed by atoms with Crippen molar-refractivity contribution >= 4 is 22.8 Å². The van der Waals surface area contributed by atoms with Gasteiger partial charge in [0, 0.05) is 44.3 Å². The van der Waals surface area contributed by atoms with Gasteiger partial charge < -0.3 is 9.80 Å². The van der Waals surface area contributed by atoms with Crippen LogP contribution in [0, 0.1) is 0 Å².